The Morgan fingerprint density at radius 2 is 1.94 bits per heavy atom. The number of hydrogen-bond acceptors (Lipinski definition) is 3. The van der Waals surface area contributed by atoms with Crippen LogP contribution in [-0.4, -0.2) is 16.5 Å². The van der Waals surface area contributed by atoms with Crippen LogP contribution < -0.4 is 0 Å². The molecule has 1 aromatic carbocycles. The van der Waals surface area contributed by atoms with E-state index in [1.54, 1.807) is 19.9 Å². The summed E-state index contributed by atoms with van der Waals surface area (Å²) in [4.78, 5) is 12.2. The first-order valence-electron chi connectivity index (χ1n) is 5.86. The monoisotopic (exact) mass is 232 g/mol. The standard InChI is InChI=1S/C14H16O3/c1-3-14(16,4-2)13(15)12-9-10-7-5-6-8-11(10)17-12/h5-9,16H,3-4H2,1-2H3. The molecule has 90 valence electrons. The molecular formula is C14H16O3. The molecule has 0 aliphatic rings. The minimum absolute atomic E-state index is 0.234. The van der Waals surface area contributed by atoms with Gasteiger partial charge in [0, 0.05) is 5.39 Å². The van der Waals surface area contributed by atoms with Gasteiger partial charge in [-0.1, -0.05) is 32.0 Å². The van der Waals surface area contributed by atoms with Crippen LogP contribution in [0.3, 0.4) is 0 Å². The average molecular weight is 232 g/mol. The average Bonchev–Trinajstić information content (AvgIpc) is 2.80. The van der Waals surface area contributed by atoms with Gasteiger partial charge < -0.3 is 9.52 Å². The van der Waals surface area contributed by atoms with Gasteiger partial charge in [0.2, 0.25) is 5.78 Å². The first kappa shape index (κ1) is 11.9. The van der Waals surface area contributed by atoms with E-state index in [1.807, 2.05) is 24.3 Å². The van der Waals surface area contributed by atoms with Crippen LogP contribution in [0.25, 0.3) is 11.0 Å². The zero-order chi connectivity index (χ0) is 12.5. The first-order chi connectivity index (χ1) is 8.10. The molecule has 0 amide bonds. The summed E-state index contributed by atoms with van der Waals surface area (Å²) < 4.78 is 5.47. The molecule has 17 heavy (non-hydrogen) atoms. The Bertz CT molecular complexity index is 502. The second-order valence-electron chi connectivity index (χ2n) is 4.22. The zero-order valence-corrected chi connectivity index (χ0v) is 10.1. The highest BCUT2D eigenvalue weighted by atomic mass is 16.4. The van der Waals surface area contributed by atoms with E-state index < -0.39 is 5.60 Å². The molecule has 0 spiro atoms. The lowest BCUT2D eigenvalue weighted by molar-refractivity contribution is 0.0253. The summed E-state index contributed by atoms with van der Waals surface area (Å²) in [7, 11) is 0. The van der Waals surface area contributed by atoms with Gasteiger partial charge in [0.1, 0.15) is 11.2 Å². The minimum atomic E-state index is -1.31. The minimum Gasteiger partial charge on any atom is -0.453 e. The van der Waals surface area contributed by atoms with Crippen LogP contribution in [0, 0.1) is 0 Å². The van der Waals surface area contributed by atoms with Gasteiger partial charge in [-0.05, 0) is 25.0 Å². The molecule has 3 heteroatoms. The fraction of sp³-hybridized carbons (Fsp3) is 0.357. The van der Waals surface area contributed by atoms with E-state index in [0.717, 1.165) is 5.39 Å². The largest absolute Gasteiger partial charge is 0.453 e. The smallest absolute Gasteiger partial charge is 0.229 e. The van der Waals surface area contributed by atoms with Crippen molar-refractivity contribution in [1.29, 1.82) is 0 Å². The van der Waals surface area contributed by atoms with Crippen molar-refractivity contribution < 1.29 is 14.3 Å². The summed E-state index contributed by atoms with van der Waals surface area (Å²) in [5, 5.41) is 11.0. The van der Waals surface area contributed by atoms with E-state index in [1.165, 1.54) is 0 Å². The molecule has 0 bridgehead atoms. The lowest BCUT2D eigenvalue weighted by Gasteiger charge is -2.21. The zero-order valence-electron chi connectivity index (χ0n) is 10.1. The van der Waals surface area contributed by atoms with Gasteiger partial charge in [-0.15, -0.1) is 0 Å². The number of benzene rings is 1. The molecule has 1 aromatic heterocycles. The van der Waals surface area contributed by atoms with Crippen LogP contribution in [0.2, 0.25) is 0 Å². The number of aliphatic hydroxyl groups is 1. The number of fused-ring (bicyclic) bond motifs is 1. The van der Waals surface area contributed by atoms with Crippen molar-refractivity contribution in [1.82, 2.24) is 0 Å². The number of carbonyl (C=O) groups is 1. The molecule has 0 aliphatic heterocycles. The fourth-order valence-corrected chi connectivity index (χ4v) is 1.89. The van der Waals surface area contributed by atoms with E-state index >= 15 is 0 Å². The van der Waals surface area contributed by atoms with Crippen molar-refractivity contribution in [2.24, 2.45) is 0 Å². The number of ketones is 1. The second kappa shape index (κ2) is 4.34. The Balaban J connectivity index is 2.43. The van der Waals surface area contributed by atoms with E-state index in [4.69, 9.17) is 4.42 Å². The number of furan rings is 1. The predicted octanol–water partition coefficient (Wildman–Crippen LogP) is 3.17. The highest BCUT2D eigenvalue weighted by Crippen LogP contribution is 2.25. The maximum absolute atomic E-state index is 12.2. The van der Waals surface area contributed by atoms with Gasteiger partial charge in [-0.2, -0.15) is 0 Å². The molecule has 1 heterocycles. The van der Waals surface area contributed by atoms with Crippen molar-refractivity contribution in [3.63, 3.8) is 0 Å². The molecule has 3 nitrogen and oxygen atoms in total. The number of carbonyl (C=O) groups excluding carboxylic acids is 1. The van der Waals surface area contributed by atoms with Crippen LogP contribution in [0.4, 0.5) is 0 Å². The van der Waals surface area contributed by atoms with E-state index in [2.05, 4.69) is 0 Å². The molecule has 2 aromatic rings. The summed E-state index contributed by atoms with van der Waals surface area (Å²) in [6.07, 6.45) is 0.777. The van der Waals surface area contributed by atoms with Crippen LogP contribution in [-0.2, 0) is 0 Å². The lowest BCUT2D eigenvalue weighted by Crippen LogP contribution is -2.36. The van der Waals surface area contributed by atoms with Crippen LogP contribution in [0.15, 0.2) is 34.7 Å². The third kappa shape index (κ3) is 1.98. The molecule has 0 fully saturated rings. The van der Waals surface area contributed by atoms with Crippen molar-refractivity contribution in [2.45, 2.75) is 32.3 Å². The molecule has 0 saturated heterocycles. The summed E-state index contributed by atoms with van der Waals surface area (Å²) >= 11 is 0. The number of para-hydroxylation sites is 1. The quantitative estimate of drug-likeness (QED) is 0.824. The Morgan fingerprint density at radius 3 is 2.53 bits per heavy atom. The molecule has 0 saturated carbocycles. The maximum Gasteiger partial charge on any atom is 0.229 e. The SMILES string of the molecule is CCC(O)(CC)C(=O)c1cc2ccccc2o1. The van der Waals surface area contributed by atoms with Crippen molar-refractivity contribution >= 4 is 16.8 Å². The Kier molecular flexibility index (Phi) is 3.03. The summed E-state index contributed by atoms with van der Waals surface area (Å²) in [5.74, 6) is -0.101. The van der Waals surface area contributed by atoms with Gasteiger partial charge in [0.15, 0.2) is 5.76 Å². The fourth-order valence-electron chi connectivity index (χ4n) is 1.89. The Labute approximate surface area is 100 Å². The highest BCUT2D eigenvalue weighted by Gasteiger charge is 2.34. The predicted molar refractivity (Wildman–Crippen MR) is 66.1 cm³/mol. The second-order valence-corrected chi connectivity index (χ2v) is 4.22. The third-order valence-electron chi connectivity index (χ3n) is 3.24. The molecule has 0 aliphatic carbocycles. The van der Waals surface area contributed by atoms with Crippen LogP contribution >= 0.6 is 0 Å². The normalized spacial score (nSPS) is 11.9. The van der Waals surface area contributed by atoms with Crippen molar-refractivity contribution in [2.75, 3.05) is 0 Å². The summed E-state index contributed by atoms with van der Waals surface area (Å²) in [6.45, 7) is 3.59. The molecule has 2 rings (SSSR count). The molecular weight excluding hydrogens is 216 g/mol. The number of hydrogen-bond donors (Lipinski definition) is 1. The Morgan fingerprint density at radius 1 is 1.29 bits per heavy atom. The lowest BCUT2D eigenvalue weighted by atomic mass is 9.91. The molecule has 1 N–H and O–H groups in total. The van der Waals surface area contributed by atoms with Crippen molar-refractivity contribution in [3.8, 4) is 0 Å². The van der Waals surface area contributed by atoms with Gasteiger partial charge in [-0.25, -0.2) is 0 Å². The van der Waals surface area contributed by atoms with E-state index in [0.29, 0.717) is 18.4 Å². The van der Waals surface area contributed by atoms with Crippen LogP contribution in [0.1, 0.15) is 37.2 Å². The highest BCUT2D eigenvalue weighted by molar-refractivity contribution is 6.02. The van der Waals surface area contributed by atoms with E-state index in [-0.39, 0.29) is 11.5 Å². The number of Topliss-reactive ketones (excluding diaryl/α,β-unsaturated/α-hetero) is 1. The van der Waals surface area contributed by atoms with Crippen molar-refractivity contribution in [3.05, 3.63) is 36.1 Å². The van der Waals surface area contributed by atoms with Gasteiger partial charge in [-0.3, -0.25) is 4.79 Å². The summed E-state index contributed by atoms with van der Waals surface area (Å²) in [5.41, 5.74) is -0.640. The van der Waals surface area contributed by atoms with Crippen LogP contribution in [0.5, 0.6) is 0 Å². The number of rotatable bonds is 4. The molecule has 0 unspecified atom stereocenters. The first-order valence-corrected chi connectivity index (χ1v) is 5.86. The van der Waals surface area contributed by atoms with Gasteiger partial charge in [0.05, 0.1) is 0 Å². The Hall–Kier alpha value is -1.61. The third-order valence-corrected chi connectivity index (χ3v) is 3.24. The van der Waals surface area contributed by atoms with Gasteiger partial charge >= 0.3 is 0 Å². The molecule has 0 atom stereocenters. The summed E-state index contributed by atoms with van der Waals surface area (Å²) in [6, 6.07) is 9.12. The maximum atomic E-state index is 12.2. The van der Waals surface area contributed by atoms with E-state index in [9.17, 15) is 9.90 Å². The molecule has 0 radical (unpaired) electrons. The topological polar surface area (TPSA) is 50.4 Å². The van der Waals surface area contributed by atoms with Gasteiger partial charge in [0.25, 0.3) is 0 Å².